The number of halogens is 1. The summed E-state index contributed by atoms with van der Waals surface area (Å²) in [6, 6.07) is 16.6. The van der Waals surface area contributed by atoms with E-state index in [1.54, 1.807) is 18.6 Å². The molecule has 1 aliphatic rings. The highest BCUT2D eigenvalue weighted by Crippen LogP contribution is 2.23. The van der Waals surface area contributed by atoms with Crippen molar-refractivity contribution in [2.24, 2.45) is 4.99 Å². The molecule has 0 bridgehead atoms. The number of anilines is 1. The second kappa shape index (κ2) is 7.97. The zero-order valence-electron chi connectivity index (χ0n) is 16.0. The minimum absolute atomic E-state index is 0.148. The van der Waals surface area contributed by atoms with E-state index in [1.165, 1.54) is 6.07 Å². The molecule has 0 unspecified atom stereocenters. The van der Waals surface area contributed by atoms with E-state index in [-0.39, 0.29) is 5.56 Å². The van der Waals surface area contributed by atoms with Crippen molar-refractivity contribution in [3.8, 4) is 5.75 Å². The molecule has 2 aromatic carbocycles. The molecule has 3 aromatic rings. The van der Waals surface area contributed by atoms with Gasteiger partial charge in [0.25, 0.3) is 5.56 Å². The van der Waals surface area contributed by atoms with Gasteiger partial charge in [-0.15, -0.1) is 0 Å². The minimum Gasteiger partial charge on any atom is -0.497 e. The standard InChI is InChI=1S/C21H20ClN5O2/c1-13-11-18(28)27-19(15-5-9-17(29-2)10-6-15)25-20(26-21(27)24-13)23-12-14-3-7-16(22)8-4-14/h3-11,19H,12H2,1-2H3,(H2,23,24,25,26)/t19-/m1/s1. The van der Waals surface area contributed by atoms with Gasteiger partial charge in [-0.3, -0.25) is 14.7 Å². The van der Waals surface area contributed by atoms with Crippen LogP contribution in [0.1, 0.15) is 23.0 Å². The maximum atomic E-state index is 12.7. The molecule has 0 fully saturated rings. The topological polar surface area (TPSA) is 80.5 Å². The first-order chi connectivity index (χ1) is 14.0. The van der Waals surface area contributed by atoms with Gasteiger partial charge >= 0.3 is 0 Å². The molecule has 2 heterocycles. The fourth-order valence-corrected chi connectivity index (χ4v) is 3.27. The SMILES string of the molecule is COc1ccc([C@@H]2NC(=NCc3ccc(Cl)cc3)Nc3nc(C)cc(=O)n32)cc1. The Bertz CT molecular complexity index is 1110. The Morgan fingerprint density at radius 3 is 2.59 bits per heavy atom. The second-order valence-corrected chi connectivity index (χ2v) is 7.10. The lowest BCUT2D eigenvalue weighted by atomic mass is 10.1. The highest BCUT2D eigenvalue weighted by Gasteiger charge is 2.26. The monoisotopic (exact) mass is 409 g/mol. The lowest BCUT2D eigenvalue weighted by molar-refractivity contribution is 0.414. The maximum absolute atomic E-state index is 12.7. The lowest BCUT2D eigenvalue weighted by Crippen LogP contribution is -2.48. The number of guanidine groups is 1. The molecular formula is C21H20ClN5O2. The van der Waals surface area contributed by atoms with Gasteiger partial charge in [-0.25, -0.2) is 9.98 Å². The van der Waals surface area contributed by atoms with Crippen molar-refractivity contribution in [1.29, 1.82) is 0 Å². The number of aryl methyl sites for hydroxylation is 1. The molecule has 0 spiro atoms. The zero-order valence-corrected chi connectivity index (χ0v) is 16.8. The van der Waals surface area contributed by atoms with Crippen molar-refractivity contribution < 1.29 is 4.74 Å². The molecule has 0 radical (unpaired) electrons. The Morgan fingerprint density at radius 1 is 1.17 bits per heavy atom. The molecule has 1 aromatic heterocycles. The molecule has 1 aliphatic heterocycles. The molecule has 148 valence electrons. The summed E-state index contributed by atoms with van der Waals surface area (Å²) in [6.07, 6.45) is -0.443. The number of hydrogen-bond donors (Lipinski definition) is 2. The molecule has 0 saturated carbocycles. The van der Waals surface area contributed by atoms with Gasteiger partial charge in [-0.2, -0.15) is 0 Å². The van der Waals surface area contributed by atoms with Crippen LogP contribution in [0.4, 0.5) is 5.95 Å². The van der Waals surface area contributed by atoms with Gasteiger partial charge in [0.2, 0.25) is 5.95 Å². The van der Waals surface area contributed by atoms with E-state index in [1.807, 2.05) is 48.5 Å². The predicted molar refractivity (Wildman–Crippen MR) is 114 cm³/mol. The number of aliphatic imine (C=N–C) groups is 1. The summed E-state index contributed by atoms with van der Waals surface area (Å²) in [5.74, 6) is 1.73. The van der Waals surface area contributed by atoms with Crippen molar-refractivity contribution in [3.05, 3.63) is 86.8 Å². The van der Waals surface area contributed by atoms with Crippen molar-refractivity contribution in [2.45, 2.75) is 19.6 Å². The smallest absolute Gasteiger partial charge is 0.257 e. The fraction of sp³-hybridized carbons (Fsp3) is 0.190. The number of rotatable bonds is 4. The van der Waals surface area contributed by atoms with Crippen molar-refractivity contribution in [2.75, 3.05) is 12.4 Å². The normalized spacial score (nSPS) is 16.7. The van der Waals surface area contributed by atoms with Gasteiger partial charge in [0.15, 0.2) is 5.96 Å². The first kappa shape index (κ1) is 19.0. The molecule has 8 heteroatoms. The summed E-state index contributed by atoms with van der Waals surface area (Å²) in [7, 11) is 1.62. The van der Waals surface area contributed by atoms with Gasteiger partial charge in [0, 0.05) is 16.8 Å². The van der Waals surface area contributed by atoms with E-state index in [0.717, 1.165) is 16.9 Å². The quantitative estimate of drug-likeness (QED) is 0.690. The van der Waals surface area contributed by atoms with Gasteiger partial charge < -0.3 is 10.1 Å². The van der Waals surface area contributed by atoms with Crippen molar-refractivity contribution in [3.63, 3.8) is 0 Å². The van der Waals surface area contributed by atoms with E-state index in [0.29, 0.717) is 29.2 Å². The Hall–Kier alpha value is -3.32. The molecule has 4 rings (SSSR count). The number of aromatic nitrogens is 2. The predicted octanol–water partition coefficient (Wildman–Crippen LogP) is 3.33. The van der Waals surface area contributed by atoms with Crippen LogP contribution in [0.5, 0.6) is 5.75 Å². The molecule has 7 nitrogen and oxygen atoms in total. The Kier molecular flexibility index (Phi) is 5.22. The van der Waals surface area contributed by atoms with Gasteiger partial charge in [0.05, 0.1) is 13.7 Å². The van der Waals surface area contributed by atoms with Gasteiger partial charge in [-0.05, 0) is 42.3 Å². The first-order valence-corrected chi connectivity index (χ1v) is 9.48. The Balaban J connectivity index is 1.70. The second-order valence-electron chi connectivity index (χ2n) is 6.67. The van der Waals surface area contributed by atoms with E-state index >= 15 is 0 Å². The molecule has 0 saturated heterocycles. The van der Waals surface area contributed by atoms with Crippen LogP contribution in [0, 0.1) is 6.92 Å². The highest BCUT2D eigenvalue weighted by atomic mass is 35.5. The van der Waals surface area contributed by atoms with Crippen LogP contribution in [0.2, 0.25) is 5.02 Å². The summed E-state index contributed by atoms with van der Waals surface area (Å²) in [4.78, 5) is 21.8. The third kappa shape index (κ3) is 4.09. The van der Waals surface area contributed by atoms with Crippen molar-refractivity contribution in [1.82, 2.24) is 14.9 Å². The molecule has 2 N–H and O–H groups in total. The minimum atomic E-state index is -0.443. The Labute approximate surface area is 173 Å². The summed E-state index contributed by atoms with van der Waals surface area (Å²) < 4.78 is 6.82. The van der Waals surface area contributed by atoms with E-state index in [9.17, 15) is 4.79 Å². The van der Waals surface area contributed by atoms with Crippen LogP contribution in [-0.2, 0) is 6.54 Å². The van der Waals surface area contributed by atoms with Crippen LogP contribution < -0.4 is 20.9 Å². The molecular weight excluding hydrogens is 390 g/mol. The highest BCUT2D eigenvalue weighted by molar-refractivity contribution is 6.30. The summed E-state index contributed by atoms with van der Waals surface area (Å²) in [6.45, 7) is 2.25. The number of ether oxygens (including phenoxy) is 1. The number of nitrogens with zero attached hydrogens (tertiary/aromatic N) is 3. The lowest BCUT2D eigenvalue weighted by Gasteiger charge is -2.31. The maximum Gasteiger partial charge on any atom is 0.257 e. The van der Waals surface area contributed by atoms with Crippen molar-refractivity contribution >= 4 is 23.5 Å². The third-order valence-electron chi connectivity index (χ3n) is 4.61. The molecule has 0 amide bonds. The van der Waals surface area contributed by atoms with Gasteiger partial charge in [-0.1, -0.05) is 35.9 Å². The van der Waals surface area contributed by atoms with E-state index < -0.39 is 6.17 Å². The van der Waals surface area contributed by atoms with Crippen LogP contribution in [0.25, 0.3) is 0 Å². The van der Waals surface area contributed by atoms with Crippen LogP contribution in [0.3, 0.4) is 0 Å². The first-order valence-electron chi connectivity index (χ1n) is 9.10. The van der Waals surface area contributed by atoms with E-state index in [4.69, 9.17) is 16.3 Å². The summed E-state index contributed by atoms with van der Waals surface area (Å²) in [5, 5.41) is 7.11. The fourth-order valence-electron chi connectivity index (χ4n) is 3.14. The zero-order chi connectivity index (χ0) is 20.4. The molecule has 29 heavy (non-hydrogen) atoms. The average molecular weight is 410 g/mol. The average Bonchev–Trinajstić information content (AvgIpc) is 2.72. The number of hydrogen-bond acceptors (Lipinski definition) is 4. The number of fused-ring (bicyclic) bond motifs is 1. The van der Waals surface area contributed by atoms with Crippen LogP contribution >= 0.6 is 11.6 Å². The summed E-state index contributed by atoms with van der Waals surface area (Å²) in [5.41, 5.74) is 2.40. The third-order valence-corrected chi connectivity index (χ3v) is 4.86. The number of benzene rings is 2. The Morgan fingerprint density at radius 2 is 1.90 bits per heavy atom. The van der Waals surface area contributed by atoms with E-state index in [2.05, 4.69) is 20.6 Å². The number of methoxy groups -OCH3 is 1. The molecule has 0 aliphatic carbocycles. The number of nitrogens with one attached hydrogen (secondary N) is 2. The molecule has 1 atom stereocenters. The van der Waals surface area contributed by atoms with Crippen LogP contribution in [-0.4, -0.2) is 22.6 Å². The summed E-state index contributed by atoms with van der Waals surface area (Å²) >= 11 is 5.94. The largest absolute Gasteiger partial charge is 0.497 e. The van der Waals surface area contributed by atoms with Crippen LogP contribution in [0.15, 0.2) is 64.4 Å². The van der Waals surface area contributed by atoms with Gasteiger partial charge in [0.1, 0.15) is 11.9 Å².